The summed E-state index contributed by atoms with van der Waals surface area (Å²) in [5, 5.41) is 8.16. The number of pyridine rings is 1. The third-order valence-corrected chi connectivity index (χ3v) is 6.73. The van der Waals surface area contributed by atoms with Gasteiger partial charge in [0.15, 0.2) is 6.61 Å². The zero-order valence-electron chi connectivity index (χ0n) is 18.4. The van der Waals surface area contributed by atoms with E-state index >= 15 is 0 Å². The molecule has 1 atom stereocenters. The van der Waals surface area contributed by atoms with E-state index in [1.165, 1.54) is 35.1 Å². The first-order valence-corrected chi connectivity index (χ1v) is 11.3. The Hall–Kier alpha value is -3.18. The van der Waals surface area contributed by atoms with Crippen LogP contribution in [-0.4, -0.2) is 41.1 Å². The Labute approximate surface area is 188 Å². The Morgan fingerprint density at radius 2 is 1.91 bits per heavy atom. The molecule has 32 heavy (non-hydrogen) atoms. The van der Waals surface area contributed by atoms with Crippen molar-refractivity contribution in [3.63, 3.8) is 0 Å². The van der Waals surface area contributed by atoms with Crippen molar-refractivity contribution in [2.24, 2.45) is 0 Å². The standard InChI is InChI=1S/C27H28N2O3/c1-32-22-9-11-26(28-15-22)27(31)29-13-12-20(16-29)23-10-8-19(14-21(23)17-30)25-5-3-2-4-24(25)18-6-7-18/h2-5,8-11,14-15,18,20,30H,6-7,12-13,16-17H2,1H3/p+1. The molecule has 1 aromatic heterocycles. The largest absolute Gasteiger partial charge is 0.495 e. The molecule has 0 bridgehead atoms. The number of aromatic nitrogens is 1. The minimum atomic E-state index is -0.0439. The number of hydrogen-bond acceptors (Lipinski definition) is 3. The van der Waals surface area contributed by atoms with E-state index < -0.39 is 0 Å². The van der Waals surface area contributed by atoms with Crippen LogP contribution in [0, 0.1) is 0 Å². The highest BCUT2D eigenvalue weighted by Gasteiger charge is 2.31. The van der Waals surface area contributed by atoms with Gasteiger partial charge in [-0.3, -0.25) is 4.79 Å². The van der Waals surface area contributed by atoms with E-state index in [1.54, 1.807) is 25.4 Å². The number of ether oxygens (including phenoxy) is 1. The number of rotatable bonds is 6. The molecule has 5 nitrogen and oxygen atoms in total. The van der Waals surface area contributed by atoms with Gasteiger partial charge in [-0.25, -0.2) is 4.98 Å². The van der Waals surface area contributed by atoms with E-state index in [4.69, 9.17) is 9.84 Å². The van der Waals surface area contributed by atoms with Gasteiger partial charge < -0.3 is 14.7 Å². The Morgan fingerprint density at radius 1 is 1.06 bits per heavy atom. The van der Waals surface area contributed by atoms with Gasteiger partial charge in [-0.2, -0.15) is 0 Å². The van der Waals surface area contributed by atoms with E-state index in [1.807, 2.05) is 4.90 Å². The van der Waals surface area contributed by atoms with Crippen LogP contribution in [0.2, 0.25) is 0 Å². The predicted molar refractivity (Wildman–Crippen MR) is 125 cm³/mol. The molecule has 1 aliphatic carbocycles. The summed E-state index contributed by atoms with van der Waals surface area (Å²) in [6, 6.07) is 18.7. The molecular weight excluding hydrogens is 400 g/mol. The average molecular weight is 430 g/mol. The maximum Gasteiger partial charge on any atom is 0.272 e. The van der Waals surface area contributed by atoms with Crippen LogP contribution < -0.4 is 4.74 Å². The van der Waals surface area contributed by atoms with Crippen LogP contribution >= 0.6 is 0 Å². The van der Waals surface area contributed by atoms with Gasteiger partial charge in [0.05, 0.1) is 13.3 Å². The Bertz CT molecular complexity index is 1120. The van der Waals surface area contributed by atoms with Crippen LogP contribution in [0.25, 0.3) is 11.1 Å². The lowest BCUT2D eigenvalue weighted by atomic mass is 9.89. The zero-order chi connectivity index (χ0) is 22.1. The quantitative estimate of drug-likeness (QED) is 0.543. The molecule has 1 amide bonds. The molecular formula is C27H29N2O3+. The topological polar surface area (TPSA) is 65.3 Å². The molecule has 0 radical (unpaired) electrons. The van der Waals surface area contributed by atoms with Crippen LogP contribution in [0.1, 0.15) is 58.3 Å². The van der Waals surface area contributed by atoms with Gasteiger partial charge in [0, 0.05) is 24.6 Å². The molecule has 2 fully saturated rings. The summed E-state index contributed by atoms with van der Waals surface area (Å²) in [7, 11) is 1.59. The van der Waals surface area contributed by atoms with Crippen molar-refractivity contribution in [2.45, 2.75) is 37.7 Å². The number of carbonyl (C=O) groups excluding carboxylic acids is 1. The fourth-order valence-electron chi connectivity index (χ4n) is 4.82. The van der Waals surface area contributed by atoms with Crippen LogP contribution in [0.4, 0.5) is 0 Å². The monoisotopic (exact) mass is 429 g/mol. The minimum absolute atomic E-state index is 0.0439. The van der Waals surface area contributed by atoms with Crippen molar-refractivity contribution >= 4 is 5.91 Å². The Morgan fingerprint density at radius 3 is 2.62 bits per heavy atom. The molecule has 164 valence electrons. The predicted octanol–water partition coefficient (Wildman–Crippen LogP) is 4.49. The number of hydrogen-bond donors (Lipinski definition) is 0. The molecule has 1 unspecified atom stereocenters. The molecule has 1 saturated heterocycles. The summed E-state index contributed by atoms with van der Waals surface area (Å²) in [6.45, 7) is 1.62. The SMILES string of the molecule is COc1ccc(C(=O)N2CCC(c3ccc(-c4ccccc4C4CC4)cc3C[OH2+])C2)nc1. The lowest BCUT2D eigenvalue weighted by molar-refractivity contribution is 0.0785. The second-order valence-electron chi connectivity index (χ2n) is 8.77. The number of nitrogens with zero attached hydrogens (tertiary/aromatic N) is 2. The summed E-state index contributed by atoms with van der Waals surface area (Å²) >= 11 is 0. The van der Waals surface area contributed by atoms with Crippen molar-refractivity contribution < 1.29 is 14.6 Å². The molecule has 3 aromatic rings. The highest BCUT2D eigenvalue weighted by Crippen LogP contribution is 2.44. The average Bonchev–Trinajstić information content (AvgIpc) is 3.59. The van der Waals surface area contributed by atoms with Gasteiger partial charge in [0.1, 0.15) is 11.4 Å². The summed E-state index contributed by atoms with van der Waals surface area (Å²) in [4.78, 5) is 19.0. The van der Waals surface area contributed by atoms with Gasteiger partial charge >= 0.3 is 0 Å². The number of benzene rings is 2. The van der Waals surface area contributed by atoms with E-state index in [0.29, 0.717) is 30.5 Å². The fourth-order valence-corrected chi connectivity index (χ4v) is 4.82. The number of amides is 1. The molecule has 1 saturated carbocycles. The molecule has 2 aromatic carbocycles. The lowest BCUT2D eigenvalue weighted by Crippen LogP contribution is -2.29. The van der Waals surface area contributed by atoms with Crippen LogP contribution in [0.5, 0.6) is 5.75 Å². The number of carbonyl (C=O) groups is 1. The first-order chi connectivity index (χ1) is 15.7. The van der Waals surface area contributed by atoms with E-state index in [-0.39, 0.29) is 18.4 Å². The third-order valence-electron chi connectivity index (χ3n) is 6.73. The molecule has 0 spiro atoms. The highest BCUT2D eigenvalue weighted by molar-refractivity contribution is 5.92. The third kappa shape index (κ3) is 4.00. The summed E-state index contributed by atoms with van der Waals surface area (Å²) < 4.78 is 5.14. The fraction of sp³-hybridized carbons (Fsp3) is 0.333. The van der Waals surface area contributed by atoms with Crippen molar-refractivity contribution in [3.05, 3.63) is 83.2 Å². The van der Waals surface area contributed by atoms with Gasteiger partial charge in [-0.15, -0.1) is 0 Å². The first-order valence-electron chi connectivity index (χ1n) is 11.3. The molecule has 1 aliphatic heterocycles. The van der Waals surface area contributed by atoms with Gasteiger partial charge in [-0.1, -0.05) is 36.4 Å². The van der Waals surface area contributed by atoms with Crippen LogP contribution in [-0.2, 0) is 6.61 Å². The second kappa shape index (κ2) is 8.75. The van der Waals surface area contributed by atoms with Crippen molar-refractivity contribution in [3.8, 4) is 16.9 Å². The highest BCUT2D eigenvalue weighted by atomic mass is 16.5. The first kappa shape index (κ1) is 20.7. The normalized spacial score (nSPS) is 18.1. The zero-order valence-corrected chi connectivity index (χ0v) is 18.4. The second-order valence-corrected chi connectivity index (χ2v) is 8.77. The molecule has 5 rings (SSSR count). The smallest absolute Gasteiger partial charge is 0.272 e. The summed E-state index contributed by atoms with van der Waals surface area (Å²) in [5.41, 5.74) is 6.64. The van der Waals surface area contributed by atoms with E-state index in [9.17, 15) is 4.79 Å². The molecule has 2 aliphatic rings. The van der Waals surface area contributed by atoms with Gasteiger partial charge in [-0.05, 0) is 65.6 Å². The van der Waals surface area contributed by atoms with Crippen molar-refractivity contribution in [1.82, 2.24) is 9.88 Å². The minimum Gasteiger partial charge on any atom is -0.495 e. The lowest BCUT2D eigenvalue weighted by Gasteiger charge is -2.18. The van der Waals surface area contributed by atoms with Crippen molar-refractivity contribution in [2.75, 3.05) is 20.2 Å². The summed E-state index contributed by atoms with van der Waals surface area (Å²) in [5.74, 6) is 1.54. The number of likely N-dealkylation sites (tertiary alicyclic amines) is 1. The summed E-state index contributed by atoms with van der Waals surface area (Å²) in [6.07, 6.45) is 5.04. The van der Waals surface area contributed by atoms with Crippen LogP contribution in [0.15, 0.2) is 60.8 Å². The van der Waals surface area contributed by atoms with Crippen LogP contribution in [0.3, 0.4) is 0 Å². The Kier molecular flexibility index (Phi) is 5.66. The number of methoxy groups -OCH3 is 1. The van der Waals surface area contributed by atoms with Gasteiger partial charge in [0.2, 0.25) is 0 Å². The van der Waals surface area contributed by atoms with E-state index in [0.717, 1.165) is 12.0 Å². The van der Waals surface area contributed by atoms with Crippen molar-refractivity contribution in [1.29, 1.82) is 0 Å². The molecule has 2 heterocycles. The molecule has 2 N–H and O–H groups in total. The maximum absolute atomic E-state index is 12.9. The molecule has 5 heteroatoms. The van der Waals surface area contributed by atoms with Gasteiger partial charge in [0.25, 0.3) is 5.91 Å². The maximum atomic E-state index is 12.9. The Balaban J connectivity index is 1.35. The van der Waals surface area contributed by atoms with E-state index in [2.05, 4.69) is 47.4 Å².